The van der Waals surface area contributed by atoms with E-state index in [0.717, 1.165) is 9.87 Å². The monoisotopic (exact) mass is 201 g/mol. The second-order valence-corrected chi connectivity index (χ2v) is 4.28. The summed E-state index contributed by atoms with van der Waals surface area (Å²) in [6, 6.07) is 3.42. The molecule has 0 aliphatic carbocycles. The number of anilines is 1. The maximum Gasteiger partial charge on any atom is 0.299 e. The molecule has 1 aromatic rings. The average molecular weight is 201 g/mol. The van der Waals surface area contributed by atoms with Crippen molar-refractivity contribution in [3.63, 3.8) is 0 Å². The molecular weight excluding hydrogens is 190 g/mol. The first kappa shape index (κ1) is 9.94. The van der Waals surface area contributed by atoms with Gasteiger partial charge in [-0.2, -0.15) is 8.42 Å². The molecule has 0 atom stereocenters. The van der Waals surface area contributed by atoms with E-state index in [1.807, 2.05) is 6.92 Å². The lowest BCUT2D eigenvalue weighted by molar-refractivity contribution is 0.595. The minimum atomic E-state index is -3.70. The van der Waals surface area contributed by atoms with Gasteiger partial charge in [0.25, 0.3) is 10.2 Å². The van der Waals surface area contributed by atoms with Gasteiger partial charge >= 0.3 is 0 Å². The van der Waals surface area contributed by atoms with Crippen LogP contribution in [-0.4, -0.2) is 20.4 Å². The van der Waals surface area contributed by atoms with Crippen LogP contribution in [-0.2, 0) is 10.2 Å². The molecule has 0 amide bonds. The van der Waals surface area contributed by atoms with Crippen LogP contribution in [0.15, 0.2) is 18.3 Å². The summed E-state index contributed by atoms with van der Waals surface area (Å²) in [5, 5.41) is 4.92. The van der Waals surface area contributed by atoms with E-state index < -0.39 is 10.2 Å². The lowest BCUT2D eigenvalue weighted by atomic mass is 10.3. The fourth-order valence-corrected chi connectivity index (χ4v) is 1.18. The maximum atomic E-state index is 10.9. The Morgan fingerprint density at radius 1 is 1.54 bits per heavy atom. The zero-order valence-corrected chi connectivity index (χ0v) is 8.25. The zero-order chi connectivity index (χ0) is 10.1. The van der Waals surface area contributed by atoms with Gasteiger partial charge in [-0.15, -0.1) is 0 Å². The third-order valence-electron chi connectivity index (χ3n) is 1.61. The molecule has 0 fully saturated rings. The van der Waals surface area contributed by atoms with Crippen molar-refractivity contribution in [2.45, 2.75) is 6.92 Å². The summed E-state index contributed by atoms with van der Waals surface area (Å²) < 4.78 is 22.7. The Kier molecular flexibility index (Phi) is 2.53. The Bertz CT molecular complexity index is 402. The fraction of sp³-hybridized carbons (Fsp3) is 0.286. The molecule has 0 spiro atoms. The van der Waals surface area contributed by atoms with Crippen LogP contribution in [0.2, 0.25) is 0 Å². The molecule has 0 unspecified atom stereocenters. The van der Waals surface area contributed by atoms with E-state index in [1.165, 1.54) is 13.2 Å². The molecule has 0 aliphatic rings. The van der Waals surface area contributed by atoms with Gasteiger partial charge in [0.05, 0.1) is 0 Å². The predicted octanol–water partition coefficient (Wildman–Crippen LogP) is 0.0297. The van der Waals surface area contributed by atoms with Gasteiger partial charge in [0, 0.05) is 13.2 Å². The number of aromatic nitrogens is 1. The summed E-state index contributed by atoms with van der Waals surface area (Å²) in [7, 11) is -2.34. The number of hydrogen-bond donors (Lipinski definition) is 1. The van der Waals surface area contributed by atoms with Crippen LogP contribution >= 0.6 is 0 Å². The van der Waals surface area contributed by atoms with Crippen LogP contribution in [0.1, 0.15) is 5.56 Å². The van der Waals surface area contributed by atoms with E-state index in [2.05, 4.69) is 4.98 Å². The summed E-state index contributed by atoms with van der Waals surface area (Å²) in [4.78, 5) is 3.87. The number of aryl methyl sites for hydroxylation is 1. The van der Waals surface area contributed by atoms with Crippen molar-refractivity contribution in [2.24, 2.45) is 5.14 Å². The lowest BCUT2D eigenvalue weighted by Gasteiger charge is -2.14. The number of nitrogens with two attached hydrogens (primary N) is 1. The van der Waals surface area contributed by atoms with E-state index in [1.54, 1.807) is 12.1 Å². The van der Waals surface area contributed by atoms with Gasteiger partial charge in [-0.1, -0.05) is 0 Å². The van der Waals surface area contributed by atoms with Gasteiger partial charge in [-0.3, -0.25) is 0 Å². The van der Waals surface area contributed by atoms with Crippen LogP contribution in [0, 0.1) is 6.92 Å². The normalized spacial score (nSPS) is 11.3. The summed E-state index contributed by atoms with van der Waals surface area (Å²) in [5.41, 5.74) is 0.931. The molecule has 0 saturated carbocycles. The van der Waals surface area contributed by atoms with Crippen LogP contribution in [0.5, 0.6) is 0 Å². The fourth-order valence-electron chi connectivity index (χ4n) is 0.823. The highest BCUT2D eigenvalue weighted by Gasteiger charge is 2.12. The van der Waals surface area contributed by atoms with Crippen LogP contribution < -0.4 is 9.44 Å². The summed E-state index contributed by atoms with van der Waals surface area (Å²) in [6.45, 7) is 1.85. The van der Waals surface area contributed by atoms with E-state index in [0.29, 0.717) is 5.82 Å². The van der Waals surface area contributed by atoms with Crippen molar-refractivity contribution in [3.05, 3.63) is 23.9 Å². The molecule has 1 heterocycles. The first-order chi connectivity index (χ1) is 5.91. The summed E-state index contributed by atoms with van der Waals surface area (Å²) >= 11 is 0. The molecule has 1 aromatic heterocycles. The quantitative estimate of drug-likeness (QED) is 0.733. The summed E-state index contributed by atoms with van der Waals surface area (Å²) in [6.07, 6.45) is 1.53. The van der Waals surface area contributed by atoms with Gasteiger partial charge in [0.2, 0.25) is 0 Å². The van der Waals surface area contributed by atoms with Crippen LogP contribution in [0.25, 0.3) is 0 Å². The minimum Gasteiger partial charge on any atom is -0.244 e. The molecule has 0 aliphatic heterocycles. The zero-order valence-electron chi connectivity index (χ0n) is 7.43. The SMILES string of the molecule is Cc1ccnc(N(C)S(N)(=O)=O)c1. The van der Waals surface area contributed by atoms with Crippen molar-refractivity contribution in [1.29, 1.82) is 0 Å². The average Bonchev–Trinajstić information content (AvgIpc) is 2.01. The van der Waals surface area contributed by atoms with Crippen molar-refractivity contribution in [3.8, 4) is 0 Å². The van der Waals surface area contributed by atoms with Crippen molar-refractivity contribution >= 4 is 16.0 Å². The Labute approximate surface area is 77.4 Å². The Hall–Kier alpha value is -1.14. The second-order valence-electron chi connectivity index (χ2n) is 2.70. The lowest BCUT2D eigenvalue weighted by Crippen LogP contribution is -2.33. The number of nitrogens with zero attached hydrogens (tertiary/aromatic N) is 2. The molecule has 5 nitrogen and oxygen atoms in total. The highest BCUT2D eigenvalue weighted by molar-refractivity contribution is 7.90. The molecule has 0 bridgehead atoms. The van der Waals surface area contributed by atoms with Gasteiger partial charge < -0.3 is 0 Å². The number of rotatable bonds is 2. The molecule has 72 valence electrons. The summed E-state index contributed by atoms with van der Waals surface area (Å²) in [5.74, 6) is 0.322. The molecule has 6 heteroatoms. The Morgan fingerprint density at radius 2 is 2.15 bits per heavy atom. The minimum absolute atomic E-state index is 0.322. The Balaban J connectivity index is 3.10. The third-order valence-corrected chi connectivity index (χ3v) is 2.56. The molecule has 0 saturated heterocycles. The van der Waals surface area contributed by atoms with Crippen LogP contribution in [0.3, 0.4) is 0 Å². The van der Waals surface area contributed by atoms with Gasteiger partial charge in [-0.25, -0.2) is 14.4 Å². The molecule has 0 radical (unpaired) electrons. The highest BCUT2D eigenvalue weighted by atomic mass is 32.2. The second kappa shape index (κ2) is 3.31. The van der Waals surface area contributed by atoms with Gasteiger partial charge in [-0.05, 0) is 24.6 Å². The topological polar surface area (TPSA) is 76.3 Å². The standard InChI is InChI=1S/C7H11N3O2S/c1-6-3-4-9-7(5-6)10(2)13(8,11)12/h3-5H,1-2H3,(H2,8,11,12). The molecule has 13 heavy (non-hydrogen) atoms. The van der Waals surface area contributed by atoms with Crippen molar-refractivity contribution in [2.75, 3.05) is 11.4 Å². The third kappa shape index (κ3) is 2.40. The van der Waals surface area contributed by atoms with Crippen molar-refractivity contribution in [1.82, 2.24) is 4.98 Å². The largest absolute Gasteiger partial charge is 0.299 e. The predicted molar refractivity (Wildman–Crippen MR) is 50.5 cm³/mol. The Morgan fingerprint density at radius 3 is 2.62 bits per heavy atom. The highest BCUT2D eigenvalue weighted by Crippen LogP contribution is 2.11. The van der Waals surface area contributed by atoms with Crippen LogP contribution in [0.4, 0.5) is 5.82 Å². The van der Waals surface area contributed by atoms with E-state index >= 15 is 0 Å². The van der Waals surface area contributed by atoms with Gasteiger partial charge in [0.15, 0.2) is 0 Å². The molecule has 2 N–H and O–H groups in total. The smallest absolute Gasteiger partial charge is 0.244 e. The molecule has 0 aromatic carbocycles. The first-order valence-corrected chi connectivity index (χ1v) is 5.11. The first-order valence-electron chi connectivity index (χ1n) is 3.60. The maximum absolute atomic E-state index is 10.9. The molecule has 1 rings (SSSR count). The number of hydrogen-bond acceptors (Lipinski definition) is 3. The van der Waals surface area contributed by atoms with E-state index in [4.69, 9.17) is 5.14 Å². The van der Waals surface area contributed by atoms with E-state index in [9.17, 15) is 8.42 Å². The van der Waals surface area contributed by atoms with E-state index in [-0.39, 0.29) is 0 Å². The number of pyridine rings is 1. The molecular formula is C7H11N3O2S. The van der Waals surface area contributed by atoms with Gasteiger partial charge in [0.1, 0.15) is 5.82 Å². The van der Waals surface area contributed by atoms with Crippen molar-refractivity contribution < 1.29 is 8.42 Å².